The maximum absolute atomic E-state index is 11.5. The molecular weight excluding hydrogens is 411 g/mol. The molecule has 1 heterocycles. The van der Waals surface area contributed by atoms with Crippen LogP contribution in [0.25, 0.3) is 10.8 Å². The maximum Gasteiger partial charge on any atom is 0.308 e. The van der Waals surface area contributed by atoms with E-state index in [0.717, 1.165) is 32.8 Å². The lowest BCUT2D eigenvalue weighted by molar-refractivity contribution is -0.131. The normalized spacial score (nSPS) is 11.4. The molecule has 8 heteroatoms. The van der Waals surface area contributed by atoms with Crippen molar-refractivity contribution in [2.75, 3.05) is 6.66 Å². The predicted octanol–water partition coefficient (Wildman–Crippen LogP) is 5.11. The first-order chi connectivity index (χ1) is 13.5. The van der Waals surface area contributed by atoms with Crippen LogP contribution in [0.1, 0.15) is 25.2 Å². The molecule has 0 fully saturated rings. The van der Waals surface area contributed by atoms with Gasteiger partial charge in [-0.15, -0.1) is 11.8 Å². The van der Waals surface area contributed by atoms with Gasteiger partial charge in [-0.2, -0.15) is 5.10 Å². The number of nitrogens with zero attached hydrogens (tertiary/aromatic N) is 2. The number of thioether (sulfide) groups is 2. The highest BCUT2D eigenvalue weighted by molar-refractivity contribution is 8.12. The van der Waals surface area contributed by atoms with E-state index in [0.29, 0.717) is 20.2 Å². The zero-order chi connectivity index (χ0) is 20.1. The Morgan fingerprint density at radius 3 is 2.64 bits per heavy atom. The van der Waals surface area contributed by atoms with Crippen LogP contribution in [0, 0.1) is 0 Å². The molecule has 146 valence electrons. The van der Waals surface area contributed by atoms with Crippen molar-refractivity contribution < 1.29 is 14.3 Å². The monoisotopic (exact) mass is 432 g/mol. The summed E-state index contributed by atoms with van der Waals surface area (Å²) in [7, 11) is 0.524. The Labute approximate surface area is 174 Å². The molecule has 0 bridgehead atoms. The lowest BCUT2D eigenvalue weighted by Gasteiger charge is -2.10. The van der Waals surface area contributed by atoms with Crippen molar-refractivity contribution in [1.82, 2.24) is 9.55 Å². The summed E-state index contributed by atoms with van der Waals surface area (Å²) in [6.07, 6.45) is 0. The van der Waals surface area contributed by atoms with Crippen LogP contribution < -0.4 is 4.74 Å². The van der Waals surface area contributed by atoms with Crippen LogP contribution in [0.3, 0.4) is 0 Å². The van der Waals surface area contributed by atoms with E-state index in [1.54, 1.807) is 18.7 Å². The standard InChI is InChI=1S/C20H21N2O3PS2/c1-13(23)25-20-10-18(8-15-6-4-5-7-19(15)20)28-12-17-9-16(11-27-14(2)24)21-22(17)26-3/h4-10,26H,11-12H2,1-3H3. The Morgan fingerprint density at radius 2 is 1.93 bits per heavy atom. The van der Waals surface area contributed by atoms with E-state index < -0.39 is 0 Å². The first-order valence-corrected chi connectivity index (χ1v) is 12.1. The van der Waals surface area contributed by atoms with Gasteiger partial charge in [-0.05, 0) is 30.3 Å². The first-order valence-electron chi connectivity index (χ1n) is 8.69. The molecule has 0 aliphatic rings. The molecule has 0 saturated heterocycles. The molecule has 3 rings (SSSR count). The van der Waals surface area contributed by atoms with E-state index in [1.165, 1.54) is 18.7 Å². The molecule has 0 radical (unpaired) electrons. The molecule has 0 spiro atoms. The second-order valence-electron chi connectivity index (χ2n) is 6.07. The Morgan fingerprint density at radius 1 is 1.14 bits per heavy atom. The molecule has 0 aliphatic heterocycles. The second-order valence-corrected chi connectivity index (χ2v) is 9.14. The van der Waals surface area contributed by atoms with Crippen LogP contribution in [0.15, 0.2) is 47.4 Å². The number of esters is 1. The third-order valence-corrected chi connectivity index (χ3v) is 6.57. The summed E-state index contributed by atoms with van der Waals surface area (Å²) in [6, 6.07) is 14.0. The van der Waals surface area contributed by atoms with Gasteiger partial charge in [0, 0.05) is 44.4 Å². The van der Waals surface area contributed by atoms with Gasteiger partial charge in [0.25, 0.3) is 0 Å². The fraction of sp³-hybridized carbons (Fsp3) is 0.250. The fourth-order valence-electron chi connectivity index (χ4n) is 2.75. The minimum absolute atomic E-state index is 0.0959. The van der Waals surface area contributed by atoms with Gasteiger partial charge in [0.2, 0.25) is 0 Å². The van der Waals surface area contributed by atoms with Crippen LogP contribution in [0.4, 0.5) is 0 Å². The van der Waals surface area contributed by atoms with E-state index in [4.69, 9.17) is 4.74 Å². The number of hydrogen-bond acceptors (Lipinski definition) is 6. The Balaban J connectivity index is 1.81. The van der Waals surface area contributed by atoms with Crippen molar-refractivity contribution in [3.63, 3.8) is 0 Å². The smallest absolute Gasteiger partial charge is 0.308 e. The summed E-state index contributed by atoms with van der Waals surface area (Å²) in [5, 5.41) is 6.65. The zero-order valence-electron chi connectivity index (χ0n) is 15.9. The van der Waals surface area contributed by atoms with Gasteiger partial charge in [-0.1, -0.05) is 36.0 Å². The van der Waals surface area contributed by atoms with Crippen LogP contribution in [0.5, 0.6) is 5.75 Å². The minimum atomic E-state index is -0.329. The predicted molar refractivity (Wildman–Crippen MR) is 119 cm³/mol. The number of aromatic nitrogens is 2. The quantitative estimate of drug-likeness (QED) is 0.224. The van der Waals surface area contributed by atoms with Gasteiger partial charge < -0.3 is 4.74 Å². The maximum atomic E-state index is 11.5. The third kappa shape index (κ3) is 5.37. The topological polar surface area (TPSA) is 61.2 Å². The summed E-state index contributed by atoms with van der Waals surface area (Å²) in [6.45, 7) is 5.06. The van der Waals surface area contributed by atoms with Gasteiger partial charge in [0.15, 0.2) is 5.12 Å². The van der Waals surface area contributed by atoms with Crippen LogP contribution in [-0.2, 0) is 21.1 Å². The molecule has 5 nitrogen and oxygen atoms in total. The molecule has 0 amide bonds. The van der Waals surface area contributed by atoms with E-state index in [1.807, 2.05) is 34.8 Å². The van der Waals surface area contributed by atoms with Gasteiger partial charge in [-0.25, -0.2) is 0 Å². The largest absolute Gasteiger partial charge is 0.426 e. The fourth-order valence-corrected chi connectivity index (χ4v) is 4.93. The molecule has 1 aromatic heterocycles. The van der Waals surface area contributed by atoms with Crippen LogP contribution >= 0.6 is 32.3 Å². The Hall–Kier alpha value is -1.82. The molecular formula is C20H21N2O3PS2. The van der Waals surface area contributed by atoms with Crippen molar-refractivity contribution in [2.45, 2.75) is 30.2 Å². The number of rotatable bonds is 7. The Kier molecular flexibility index (Phi) is 7.16. The van der Waals surface area contributed by atoms with Gasteiger partial charge in [-0.3, -0.25) is 14.0 Å². The van der Waals surface area contributed by atoms with Gasteiger partial charge in [0.05, 0.1) is 11.4 Å². The highest BCUT2D eigenvalue weighted by Crippen LogP contribution is 2.34. The second kappa shape index (κ2) is 9.59. The molecule has 1 unspecified atom stereocenters. The van der Waals surface area contributed by atoms with Crippen molar-refractivity contribution >= 4 is 54.1 Å². The number of benzene rings is 2. The molecule has 0 aliphatic carbocycles. The molecule has 2 aromatic carbocycles. The van der Waals surface area contributed by atoms with Gasteiger partial charge >= 0.3 is 5.97 Å². The highest BCUT2D eigenvalue weighted by atomic mass is 32.2. The molecule has 1 atom stereocenters. The highest BCUT2D eigenvalue weighted by Gasteiger charge is 2.11. The average molecular weight is 433 g/mol. The van der Waals surface area contributed by atoms with Crippen molar-refractivity contribution in [3.05, 3.63) is 53.9 Å². The number of hydrogen-bond donors (Lipinski definition) is 0. The van der Waals surface area contributed by atoms with Crippen molar-refractivity contribution in [2.24, 2.45) is 0 Å². The van der Waals surface area contributed by atoms with E-state index >= 15 is 0 Å². The summed E-state index contributed by atoms with van der Waals surface area (Å²) < 4.78 is 7.42. The summed E-state index contributed by atoms with van der Waals surface area (Å²) in [5.41, 5.74) is 2.04. The van der Waals surface area contributed by atoms with E-state index in [2.05, 4.69) is 23.9 Å². The van der Waals surface area contributed by atoms with Gasteiger partial charge in [0.1, 0.15) is 5.75 Å². The number of carbonyl (C=O) groups is 2. The Bertz CT molecular complexity index is 1020. The first kappa shape index (κ1) is 20.9. The minimum Gasteiger partial charge on any atom is -0.426 e. The number of fused-ring (bicyclic) bond motifs is 1. The molecule has 3 aromatic rings. The molecule has 0 N–H and O–H groups in total. The summed E-state index contributed by atoms with van der Waals surface area (Å²) in [4.78, 5) is 23.7. The molecule has 28 heavy (non-hydrogen) atoms. The summed E-state index contributed by atoms with van der Waals surface area (Å²) >= 11 is 2.95. The van der Waals surface area contributed by atoms with Crippen LogP contribution in [-0.4, -0.2) is 27.3 Å². The lowest BCUT2D eigenvalue weighted by Crippen LogP contribution is -2.02. The average Bonchev–Trinajstić information content (AvgIpc) is 3.06. The zero-order valence-corrected chi connectivity index (χ0v) is 18.5. The lowest BCUT2D eigenvalue weighted by atomic mass is 10.1. The summed E-state index contributed by atoms with van der Waals surface area (Å²) in [5.74, 6) is 1.59. The SMILES string of the molecule is CPn1nc(CSC(C)=O)cc1CSc1cc(OC(C)=O)c2ccccc2c1. The number of carbonyl (C=O) groups excluding carboxylic acids is 2. The van der Waals surface area contributed by atoms with E-state index in [9.17, 15) is 9.59 Å². The third-order valence-electron chi connectivity index (χ3n) is 3.91. The number of ether oxygens (including phenoxy) is 1. The van der Waals surface area contributed by atoms with E-state index in [-0.39, 0.29) is 11.1 Å². The molecule has 0 saturated carbocycles. The van der Waals surface area contributed by atoms with Crippen LogP contribution in [0.2, 0.25) is 0 Å². The van der Waals surface area contributed by atoms with Crippen molar-refractivity contribution in [1.29, 1.82) is 0 Å². The van der Waals surface area contributed by atoms with Crippen molar-refractivity contribution in [3.8, 4) is 5.75 Å².